The van der Waals surface area contributed by atoms with Gasteiger partial charge < -0.3 is 10.6 Å². The molecule has 2 saturated carbocycles. The Labute approximate surface area is 236 Å². The molecule has 2 amide bonds. The molecule has 6 rings (SSSR count). The number of benzene rings is 1. The summed E-state index contributed by atoms with van der Waals surface area (Å²) in [6, 6.07) is 6.78. The molecule has 212 valence electrons. The summed E-state index contributed by atoms with van der Waals surface area (Å²) in [5, 5.41) is 26.0. The monoisotopic (exact) mass is 584 g/mol. The Kier molecular flexibility index (Phi) is 7.21. The quantitative estimate of drug-likeness (QED) is 0.268. The van der Waals surface area contributed by atoms with Crippen LogP contribution in [0.4, 0.5) is 18.9 Å². The van der Waals surface area contributed by atoms with Gasteiger partial charge in [-0.2, -0.15) is 28.6 Å². The number of nitrogens with zero attached hydrogens (tertiary/aromatic N) is 5. The maximum atomic E-state index is 13.6. The van der Waals surface area contributed by atoms with Gasteiger partial charge in [0.05, 0.1) is 33.6 Å². The van der Waals surface area contributed by atoms with Crippen LogP contribution in [-0.4, -0.2) is 42.3 Å². The van der Waals surface area contributed by atoms with E-state index >= 15 is 0 Å². The number of carbonyl (C=O) groups is 2. The summed E-state index contributed by atoms with van der Waals surface area (Å²) in [4.78, 5) is 31.1. The van der Waals surface area contributed by atoms with Crippen molar-refractivity contribution in [2.45, 2.75) is 51.2 Å². The van der Waals surface area contributed by atoms with Crippen molar-refractivity contribution in [3.8, 4) is 11.9 Å². The van der Waals surface area contributed by atoms with E-state index < -0.39 is 29.4 Å². The zero-order chi connectivity index (χ0) is 29.5. The van der Waals surface area contributed by atoms with Crippen molar-refractivity contribution in [2.24, 2.45) is 5.92 Å². The number of halogens is 4. The lowest BCUT2D eigenvalue weighted by Gasteiger charge is -2.19. The minimum absolute atomic E-state index is 0.0418. The molecule has 3 N–H and O–H groups in total. The third kappa shape index (κ3) is 5.22. The summed E-state index contributed by atoms with van der Waals surface area (Å²) < 4.78 is 41.4. The summed E-state index contributed by atoms with van der Waals surface area (Å²) in [6.07, 6.45) is 1.49. The molecule has 4 aromatic rings. The van der Waals surface area contributed by atoms with Gasteiger partial charge in [-0.05, 0) is 49.8 Å². The molecule has 0 unspecified atom stereocenters. The maximum absolute atomic E-state index is 13.6. The standard InChI is InChI=1S/C25H18ClF3N8O2.C2H6/c26-15-2-1-7-31-21(15)37-16(9-17(36-37)25(27,28)29)22(38)33-19-12(10-30)8-13-11-32-35-20(13)18(19)23(39)34-24(5-6-24)14-3-4-14;1-2/h1-2,7-9,11,14H,3-6H2,(H,32,35)(H,33,38)(H,34,39);1-2H3. The second kappa shape index (κ2) is 10.5. The molecule has 14 heteroatoms. The van der Waals surface area contributed by atoms with Crippen molar-refractivity contribution in [3.05, 3.63) is 64.2 Å². The van der Waals surface area contributed by atoms with Gasteiger partial charge in [0.1, 0.15) is 11.8 Å². The van der Waals surface area contributed by atoms with Crippen molar-refractivity contribution in [2.75, 3.05) is 5.32 Å². The zero-order valence-electron chi connectivity index (χ0n) is 21.9. The summed E-state index contributed by atoms with van der Waals surface area (Å²) in [7, 11) is 0. The molecular formula is C27H24ClF3N8O2. The Hall–Kier alpha value is -4.44. The number of nitrogens with one attached hydrogen (secondary N) is 3. The van der Waals surface area contributed by atoms with Gasteiger partial charge in [0, 0.05) is 23.2 Å². The highest BCUT2D eigenvalue weighted by molar-refractivity contribution is 6.32. The second-order valence-electron chi connectivity index (χ2n) is 9.59. The van der Waals surface area contributed by atoms with Crippen molar-refractivity contribution in [1.82, 2.24) is 30.3 Å². The number of anilines is 1. The van der Waals surface area contributed by atoms with Crippen LogP contribution in [0.25, 0.3) is 16.7 Å². The van der Waals surface area contributed by atoms with E-state index in [1.807, 2.05) is 19.9 Å². The molecular weight excluding hydrogens is 561 g/mol. The molecule has 0 bridgehead atoms. The molecule has 2 aliphatic rings. The van der Waals surface area contributed by atoms with Gasteiger partial charge in [-0.15, -0.1) is 0 Å². The van der Waals surface area contributed by atoms with Gasteiger partial charge in [0.15, 0.2) is 11.5 Å². The Balaban J connectivity index is 0.00000165. The van der Waals surface area contributed by atoms with Gasteiger partial charge in [-0.3, -0.25) is 14.7 Å². The average molecular weight is 585 g/mol. The topological polar surface area (TPSA) is 141 Å². The summed E-state index contributed by atoms with van der Waals surface area (Å²) in [5.41, 5.74) is -2.25. The number of aromatic nitrogens is 5. The number of hydrogen-bond acceptors (Lipinski definition) is 6. The summed E-state index contributed by atoms with van der Waals surface area (Å²) >= 11 is 6.14. The maximum Gasteiger partial charge on any atom is 0.435 e. The van der Waals surface area contributed by atoms with Crippen LogP contribution in [0.5, 0.6) is 0 Å². The van der Waals surface area contributed by atoms with Gasteiger partial charge in [0.25, 0.3) is 11.8 Å². The fourth-order valence-corrected chi connectivity index (χ4v) is 4.99. The first-order valence-electron chi connectivity index (χ1n) is 12.9. The van der Waals surface area contributed by atoms with Gasteiger partial charge in [-0.25, -0.2) is 9.67 Å². The first-order chi connectivity index (χ1) is 19.6. The fourth-order valence-electron chi connectivity index (χ4n) is 4.79. The zero-order valence-corrected chi connectivity index (χ0v) is 22.7. The molecule has 0 radical (unpaired) electrons. The molecule has 10 nitrogen and oxygen atoms in total. The van der Waals surface area contributed by atoms with Crippen LogP contribution in [0, 0.1) is 17.2 Å². The molecule has 0 saturated heterocycles. The van der Waals surface area contributed by atoms with Crippen LogP contribution in [0.1, 0.15) is 71.6 Å². The molecule has 41 heavy (non-hydrogen) atoms. The van der Waals surface area contributed by atoms with E-state index in [-0.39, 0.29) is 38.7 Å². The van der Waals surface area contributed by atoms with Crippen molar-refractivity contribution in [1.29, 1.82) is 5.26 Å². The third-order valence-corrected chi connectivity index (χ3v) is 7.30. The van der Waals surface area contributed by atoms with Crippen molar-refractivity contribution in [3.63, 3.8) is 0 Å². The largest absolute Gasteiger partial charge is 0.435 e. The minimum Gasteiger partial charge on any atom is -0.346 e. The van der Waals surface area contributed by atoms with Gasteiger partial charge >= 0.3 is 6.18 Å². The van der Waals surface area contributed by atoms with Crippen LogP contribution < -0.4 is 10.6 Å². The predicted octanol–water partition coefficient (Wildman–Crippen LogP) is 5.64. The smallest absolute Gasteiger partial charge is 0.346 e. The van der Waals surface area contributed by atoms with E-state index in [2.05, 4.69) is 30.9 Å². The Bertz CT molecular complexity index is 1700. The van der Waals surface area contributed by atoms with E-state index in [0.29, 0.717) is 22.1 Å². The van der Waals surface area contributed by atoms with Crippen LogP contribution >= 0.6 is 11.6 Å². The number of fused-ring (bicyclic) bond motifs is 1. The number of amides is 2. The number of pyridine rings is 1. The molecule has 0 atom stereocenters. The molecule has 3 heterocycles. The van der Waals surface area contributed by atoms with Crippen molar-refractivity contribution < 1.29 is 22.8 Å². The molecule has 2 aliphatic carbocycles. The highest BCUT2D eigenvalue weighted by Gasteiger charge is 2.55. The molecule has 3 aromatic heterocycles. The predicted molar refractivity (Wildman–Crippen MR) is 144 cm³/mol. The normalized spacial score (nSPS) is 15.4. The van der Waals surface area contributed by atoms with Gasteiger partial charge in [-0.1, -0.05) is 25.4 Å². The first-order valence-corrected chi connectivity index (χ1v) is 13.3. The van der Waals surface area contributed by atoms with Crippen LogP contribution in [0.3, 0.4) is 0 Å². The lowest BCUT2D eigenvalue weighted by molar-refractivity contribution is -0.141. The van der Waals surface area contributed by atoms with Gasteiger partial charge in [0.2, 0.25) is 0 Å². The highest BCUT2D eigenvalue weighted by Crippen LogP contribution is 2.54. The molecule has 0 aliphatic heterocycles. The van der Waals surface area contributed by atoms with Crippen LogP contribution in [-0.2, 0) is 6.18 Å². The Morgan fingerprint density at radius 3 is 2.56 bits per heavy atom. The number of aromatic amines is 1. The number of carbonyl (C=O) groups excluding carboxylic acids is 2. The first kappa shape index (κ1) is 28.1. The van der Waals surface area contributed by atoms with E-state index in [9.17, 15) is 28.0 Å². The SMILES string of the molecule is CC.N#Cc1cc2cn[nH]c2c(C(=O)NC2(C3CC3)CC2)c1NC(=O)c1cc(C(F)(F)F)nn1-c1ncccc1Cl. The number of rotatable bonds is 6. The number of nitriles is 1. The van der Waals surface area contributed by atoms with Crippen LogP contribution in [0.2, 0.25) is 5.02 Å². The second-order valence-corrected chi connectivity index (χ2v) is 10.00. The lowest BCUT2D eigenvalue weighted by Crippen LogP contribution is -2.39. The van der Waals surface area contributed by atoms with Crippen LogP contribution in [0.15, 0.2) is 36.7 Å². The number of hydrogen-bond donors (Lipinski definition) is 3. The Morgan fingerprint density at radius 1 is 1.22 bits per heavy atom. The summed E-state index contributed by atoms with van der Waals surface area (Å²) in [5.74, 6) is -1.43. The highest BCUT2D eigenvalue weighted by atomic mass is 35.5. The number of H-pyrrole nitrogens is 1. The molecule has 2 fully saturated rings. The molecule has 0 spiro atoms. The minimum atomic E-state index is -4.87. The average Bonchev–Trinajstić information content (AvgIpc) is 3.85. The van der Waals surface area contributed by atoms with E-state index in [0.717, 1.165) is 25.7 Å². The fraction of sp³-hybridized carbons (Fsp3) is 0.333. The summed E-state index contributed by atoms with van der Waals surface area (Å²) in [6.45, 7) is 4.00. The third-order valence-electron chi connectivity index (χ3n) is 7.01. The number of alkyl halides is 3. The van der Waals surface area contributed by atoms with E-state index in [4.69, 9.17) is 11.6 Å². The lowest BCUT2D eigenvalue weighted by atomic mass is 10.0. The molecule has 1 aromatic carbocycles. The van der Waals surface area contributed by atoms with E-state index in [1.54, 1.807) is 0 Å². The van der Waals surface area contributed by atoms with Crippen molar-refractivity contribution >= 4 is 40.0 Å². The Morgan fingerprint density at radius 2 is 1.95 bits per heavy atom. The van der Waals surface area contributed by atoms with E-state index in [1.165, 1.54) is 30.6 Å².